The third-order valence-corrected chi connectivity index (χ3v) is 3.87. The van der Waals surface area contributed by atoms with Gasteiger partial charge in [-0.1, -0.05) is 12.1 Å². The Hall–Kier alpha value is -1.55. The van der Waals surface area contributed by atoms with Gasteiger partial charge in [-0.05, 0) is 56.3 Å². The van der Waals surface area contributed by atoms with E-state index >= 15 is 0 Å². The highest BCUT2D eigenvalue weighted by Crippen LogP contribution is 2.23. The lowest BCUT2D eigenvalue weighted by molar-refractivity contribution is -0.118. The van der Waals surface area contributed by atoms with Crippen molar-refractivity contribution < 1.29 is 4.79 Å². The molecule has 4 nitrogen and oxygen atoms in total. The molecule has 3 N–H and O–H groups in total. The van der Waals surface area contributed by atoms with Crippen LogP contribution in [0, 0.1) is 0 Å². The summed E-state index contributed by atoms with van der Waals surface area (Å²) in [5.74, 6) is 0.0470. The summed E-state index contributed by atoms with van der Waals surface area (Å²) in [6.45, 7) is 6.56. The topological polar surface area (TPSA) is 53.2 Å². The normalized spacial score (nSPS) is 15.0. The molecule has 0 spiro atoms. The van der Waals surface area contributed by atoms with Crippen LogP contribution in [0.1, 0.15) is 37.8 Å². The largest absolute Gasteiger partial charge is 0.385 e. The average molecular weight is 289 g/mol. The first-order valence-corrected chi connectivity index (χ1v) is 7.98. The Morgan fingerprint density at radius 3 is 3.05 bits per heavy atom. The number of hydrogen-bond donors (Lipinski definition) is 3. The van der Waals surface area contributed by atoms with Crippen molar-refractivity contribution in [2.24, 2.45) is 0 Å². The number of aryl methyl sites for hydroxylation is 1. The van der Waals surface area contributed by atoms with Crippen molar-refractivity contribution >= 4 is 11.6 Å². The summed E-state index contributed by atoms with van der Waals surface area (Å²) < 4.78 is 0. The molecular formula is C17H27N3O. The molecule has 0 fully saturated rings. The average Bonchev–Trinajstić information content (AvgIpc) is 2.46. The number of rotatable bonds is 7. The van der Waals surface area contributed by atoms with Gasteiger partial charge in [-0.25, -0.2) is 0 Å². The van der Waals surface area contributed by atoms with E-state index < -0.39 is 0 Å². The molecule has 1 aliphatic rings. The Bertz CT molecular complexity index is 473. The summed E-state index contributed by atoms with van der Waals surface area (Å²) >= 11 is 0. The molecule has 0 radical (unpaired) electrons. The lowest BCUT2D eigenvalue weighted by Crippen LogP contribution is -2.31. The maximum absolute atomic E-state index is 10.8. The first kappa shape index (κ1) is 15.8. The van der Waals surface area contributed by atoms with Crippen molar-refractivity contribution in [1.29, 1.82) is 0 Å². The number of carbonyl (C=O) groups is 1. The summed E-state index contributed by atoms with van der Waals surface area (Å²) in [6.07, 6.45) is 4.44. The van der Waals surface area contributed by atoms with Gasteiger partial charge in [-0.15, -0.1) is 0 Å². The Kier molecular flexibility index (Phi) is 6.05. The van der Waals surface area contributed by atoms with E-state index in [0.717, 1.165) is 32.5 Å². The van der Waals surface area contributed by atoms with Crippen LogP contribution in [-0.2, 0) is 17.6 Å². The van der Waals surface area contributed by atoms with Gasteiger partial charge >= 0.3 is 0 Å². The van der Waals surface area contributed by atoms with Crippen LogP contribution in [0.15, 0.2) is 18.2 Å². The molecule has 0 bridgehead atoms. The van der Waals surface area contributed by atoms with Gasteiger partial charge in [0.15, 0.2) is 0 Å². The SMILES string of the molecule is CC(=O)NCCCNC(C)Cc1ccc2c(c1)CCCN2. The molecule has 21 heavy (non-hydrogen) atoms. The van der Waals surface area contributed by atoms with E-state index in [1.807, 2.05) is 0 Å². The molecule has 1 amide bonds. The summed E-state index contributed by atoms with van der Waals surface area (Å²) in [4.78, 5) is 10.8. The fraction of sp³-hybridized carbons (Fsp3) is 0.588. The number of nitrogens with one attached hydrogen (secondary N) is 3. The van der Waals surface area contributed by atoms with Crippen LogP contribution < -0.4 is 16.0 Å². The molecule has 0 saturated carbocycles. The van der Waals surface area contributed by atoms with E-state index in [4.69, 9.17) is 0 Å². The zero-order chi connectivity index (χ0) is 15.1. The van der Waals surface area contributed by atoms with Gasteiger partial charge in [0, 0.05) is 31.7 Å². The van der Waals surface area contributed by atoms with Crippen LogP contribution >= 0.6 is 0 Å². The third-order valence-electron chi connectivity index (χ3n) is 3.87. The van der Waals surface area contributed by atoms with Crippen molar-refractivity contribution in [2.45, 2.75) is 45.6 Å². The third kappa shape index (κ3) is 5.38. The minimum Gasteiger partial charge on any atom is -0.385 e. The highest BCUT2D eigenvalue weighted by atomic mass is 16.1. The van der Waals surface area contributed by atoms with Crippen molar-refractivity contribution in [2.75, 3.05) is 25.0 Å². The van der Waals surface area contributed by atoms with Crippen LogP contribution in [0.3, 0.4) is 0 Å². The monoisotopic (exact) mass is 289 g/mol. The van der Waals surface area contributed by atoms with E-state index in [2.05, 4.69) is 41.1 Å². The Balaban J connectivity index is 1.72. The lowest BCUT2D eigenvalue weighted by Gasteiger charge is -2.20. The van der Waals surface area contributed by atoms with Crippen molar-refractivity contribution in [3.63, 3.8) is 0 Å². The molecule has 0 saturated heterocycles. The summed E-state index contributed by atoms with van der Waals surface area (Å²) in [6, 6.07) is 7.24. The number of amides is 1. The summed E-state index contributed by atoms with van der Waals surface area (Å²) in [5, 5.41) is 9.79. The van der Waals surface area contributed by atoms with Crippen LogP contribution in [-0.4, -0.2) is 31.6 Å². The fourth-order valence-electron chi connectivity index (χ4n) is 2.78. The number of anilines is 1. The van der Waals surface area contributed by atoms with Crippen LogP contribution in [0.2, 0.25) is 0 Å². The van der Waals surface area contributed by atoms with Crippen molar-refractivity contribution in [3.8, 4) is 0 Å². The molecule has 116 valence electrons. The molecule has 2 rings (SSSR count). The van der Waals surface area contributed by atoms with Crippen molar-refractivity contribution in [3.05, 3.63) is 29.3 Å². The van der Waals surface area contributed by atoms with Crippen LogP contribution in [0.4, 0.5) is 5.69 Å². The molecule has 1 aromatic carbocycles. The van der Waals surface area contributed by atoms with E-state index in [0.29, 0.717) is 6.04 Å². The molecule has 1 unspecified atom stereocenters. The lowest BCUT2D eigenvalue weighted by atomic mass is 9.98. The highest BCUT2D eigenvalue weighted by molar-refractivity contribution is 5.72. The first-order chi connectivity index (χ1) is 10.1. The molecule has 4 heteroatoms. The molecule has 1 atom stereocenters. The maximum atomic E-state index is 10.8. The fourth-order valence-corrected chi connectivity index (χ4v) is 2.78. The highest BCUT2D eigenvalue weighted by Gasteiger charge is 2.10. The molecular weight excluding hydrogens is 262 g/mol. The Morgan fingerprint density at radius 2 is 2.24 bits per heavy atom. The number of carbonyl (C=O) groups excluding carboxylic acids is 1. The zero-order valence-corrected chi connectivity index (χ0v) is 13.2. The number of fused-ring (bicyclic) bond motifs is 1. The minimum atomic E-state index is 0.0470. The smallest absolute Gasteiger partial charge is 0.216 e. The predicted molar refractivity (Wildman–Crippen MR) is 87.7 cm³/mol. The van der Waals surface area contributed by atoms with Gasteiger partial charge in [0.1, 0.15) is 0 Å². The quantitative estimate of drug-likeness (QED) is 0.674. The molecule has 0 aromatic heterocycles. The number of benzene rings is 1. The van der Waals surface area contributed by atoms with E-state index in [1.165, 1.54) is 29.7 Å². The summed E-state index contributed by atoms with van der Waals surface area (Å²) in [7, 11) is 0. The van der Waals surface area contributed by atoms with Crippen LogP contribution in [0.25, 0.3) is 0 Å². The van der Waals surface area contributed by atoms with Gasteiger partial charge in [0.05, 0.1) is 0 Å². The molecule has 1 aromatic rings. The van der Waals surface area contributed by atoms with Gasteiger partial charge in [-0.3, -0.25) is 4.79 Å². The van der Waals surface area contributed by atoms with Gasteiger partial charge in [0.2, 0.25) is 5.91 Å². The molecule has 1 aliphatic heterocycles. The molecule has 1 heterocycles. The van der Waals surface area contributed by atoms with Gasteiger partial charge in [0.25, 0.3) is 0 Å². The predicted octanol–water partition coefficient (Wildman–Crippen LogP) is 2.09. The Labute approximate surface area is 127 Å². The number of hydrogen-bond acceptors (Lipinski definition) is 3. The second-order valence-corrected chi connectivity index (χ2v) is 5.92. The van der Waals surface area contributed by atoms with E-state index in [1.54, 1.807) is 6.92 Å². The maximum Gasteiger partial charge on any atom is 0.216 e. The van der Waals surface area contributed by atoms with E-state index in [-0.39, 0.29) is 5.91 Å². The first-order valence-electron chi connectivity index (χ1n) is 7.98. The minimum absolute atomic E-state index is 0.0470. The zero-order valence-electron chi connectivity index (χ0n) is 13.2. The van der Waals surface area contributed by atoms with Crippen molar-refractivity contribution in [1.82, 2.24) is 10.6 Å². The second kappa shape index (κ2) is 8.03. The Morgan fingerprint density at radius 1 is 1.38 bits per heavy atom. The standard InChI is InChI=1S/C17H27N3O/c1-13(18-9-4-10-19-14(2)21)11-15-6-7-17-16(12-15)5-3-8-20-17/h6-7,12-13,18,20H,3-5,8-11H2,1-2H3,(H,19,21). The van der Waals surface area contributed by atoms with Gasteiger partial charge in [-0.2, -0.15) is 0 Å². The second-order valence-electron chi connectivity index (χ2n) is 5.92. The van der Waals surface area contributed by atoms with E-state index in [9.17, 15) is 4.79 Å². The molecule has 0 aliphatic carbocycles. The summed E-state index contributed by atoms with van der Waals surface area (Å²) in [5.41, 5.74) is 4.16. The van der Waals surface area contributed by atoms with Crippen LogP contribution in [0.5, 0.6) is 0 Å². The van der Waals surface area contributed by atoms with Gasteiger partial charge < -0.3 is 16.0 Å².